The quantitative estimate of drug-likeness (QED) is 0.869. The van der Waals surface area contributed by atoms with Crippen molar-refractivity contribution in [1.82, 2.24) is 19.9 Å². The van der Waals surface area contributed by atoms with E-state index in [4.69, 9.17) is 9.84 Å². The number of aromatic nitrogens is 3. The second-order valence-corrected chi connectivity index (χ2v) is 5.20. The number of benzene rings is 1. The van der Waals surface area contributed by atoms with Crippen molar-refractivity contribution in [2.45, 2.75) is 12.6 Å². The third-order valence-corrected chi connectivity index (χ3v) is 3.60. The molecule has 1 N–H and O–H groups in total. The number of rotatable bonds is 4. The Morgan fingerprint density at radius 2 is 2.09 bits per heavy atom. The molecule has 8 heteroatoms. The highest BCUT2D eigenvalue weighted by atomic mass is 16.5. The number of morpholine rings is 1. The van der Waals surface area contributed by atoms with Gasteiger partial charge in [-0.25, -0.2) is 9.48 Å². The van der Waals surface area contributed by atoms with E-state index in [1.165, 1.54) is 9.58 Å². The van der Waals surface area contributed by atoms with Gasteiger partial charge in [0.05, 0.1) is 19.3 Å². The molecule has 1 aromatic carbocycles. The van der Waals surface area contributed by atoms with Crippen LogP contribution in [0.25, 0.3) is 11.3 Å². The lowest BCUT2D eigenvalue weighted by Gasteiger charge is -2.30. The molecule has 1 aliphatic heterocycles. The van der Waals surface area contributed by atoms with E-state index < -0.39 is 12.1 Å². The van der Waals surface area contributed by atoms with Crippen molar-refractivity contribution in [3.8, 4) is 11.3 Å². The van der Waals surface area contributed by atoms with Crippen LogP contribution in [0.1, 0.15) is 0 Å². The number of hydrogen-bond donors (Lipinski definition) is 1. The van der Waals surface area contributed by atoms with Gasteiger partial charge in [-0.2, -0.15) is 0 Å². The predicted molar refractivity (Wildman–Crippen MR) is 79.4 cm³/mol. The first kappa shape index (κ1) is 15.2. The molecule has 1 aromatic heterocycles. The van der Waals surface area contributed by atoms with E-state index >= 15 is 0 Å². The summed E-state index contributed by atoms with van der Waals surface area (Å²) in [6.07, 6.45) is 0.728. The van der Waals surface area contributed by atoms with Crippen LogP contribution < -0.4 is 0 Å². The number of hydrogen-bond acceptors (Lipinski definition) is 5. The smallest absolute Gasteiger partial charge is 0.334 e. The van der Waals surface area contributed by atoms with E-state index in [1.807, 2.05) is 30.3 Å². The van der Waals surface area contributed by atoms with Crippen molar-refractivity contribution in [2.24, 2.45) is 0 Å². The summed E-state index contributed by atoms with van der Waals surface area (Å²) in [5.74, 6) is -1.27. The van der Waals surface area contributed by atoms with Crippen molar-refractivity contribution in [3.63, 3.8) is 0 Å². The summed E-state index contributed by atoms with van der Waals surface area (Å²) in [5.41, 5.74) is 1.60. The number of aliphatic carboxylic acids is 1. The van der Waals surface area contributed by atoms with Crippen LogP contribution in [-0.2, 0) is 20.9 Å². The molecule has 1 unspecified atom stereocenters. The molecule has 0 bridgehead atoms. The SMILES string of the molecule is O=C(O)C1CN(C(=O)Cn2cc(-c3ccccc3)nn2)CCO1. The van der Waals surface area contributed by atoms with E-state index in [9.17, 15) is 9.59 Å². The van der Waals surface area contributed by atoms with Crippen LogP contribution in [0.5, 0.6) is 0 Å². The monoisotopic (exact) mass is 316 g/mol. The molecular formula is C15H16N4O4. The van der Waals surface area contributed by atoms with E-state index in [1.54, 1.807) is 6.20 Å². The van der Waals surface area contributed by atoms with Crippen LogP contribution in [0.3, 0.4) is 0 Å². The zero-order chi connectivity index (χ0) is 16.2. The first-order chi connectivity index (χ1) is 11.1. The third-order valence-electron chi connectivity index (χ3n) is 3.60. The van der Waals surface area contributed by atoms with Gasteiger partial charge >= 0.3 is 5.97 Å². The van der Waals surface area contributed by atoms with Gasteiger partial charge in [0.1, 0.15) is 12.2 Å². The molecule has 2 heterocycles. The lowest BCUT2D eigenvalue weighted by atomic mass is 10.2. The normalized spacial score (nSPS) is 17.9. The Bertz CT molecular complexity index is 701. The Labute approximate surface area is 132 Å². The van der Waals surface area contributed by atoms with Gasteiger partial charge < -0.3 is 14.7 Å². The summed E-state index contributed by atoms with van der Waals surface area (Å²) >= 11 is 0. The standard InChI is InChI=1S/C15H16N4O4/c20-14(18-6-7-23-13(9-18)15(21)22)10-19-8-12(16-17-19)11-4-2-1-3-5-11/h1-5,8,13H,6-7,9-10H2,(H,21,22). The molecule has 0 aliphatic carbocycles. The van der Waals surface area contributed by atoms with Crippen LogP contribution in [0.2, 0.25) is 0 Å². The zero-order valence-corrected chi connectivity index (χ0v) is 12.3. The average molecular weight is 316 g/mol. The van der Waals surface area contributed by atoms with Crippen molar-refractivity contribution in [1.29, 1.82) is 0 Å². The van der Waals surface area contributed by atoms with E-state index in [2.05, 4.69) is 10.3 Å². The molecular weight excluding hydrogens is 300 g/mol. The summed E-state index contributed by atoms with van der Waals surface area (Å²) in [5, 5.41) is 17.0. The van der Waals surface area contributed by atoms with Gasteiger partial charge in [-0.05, 0) is 0 Å². The molecule has 1 atom stereocenters. The van der Waals surface area contributed by atoms with Gasteiger partial charge in [-0.15, -0.1) is 5.10 Å². The Kier molecular flexibility index (Phi) is 4.33. The molecule has 1 aliphatic rings. The zero-order valence-electron chi connectivity index (χ0n) is 12.3. The molecule has 3 rings (SSSR count). The number of amides is 1. The largest absolute Gasteiger partial charge is 0.479 e. The maximum atomic E-state index is 12.3. The number of ether oxygens (including phenoxy) is 1. The van der Waals surface area contributed by atoms with Crippen molar-refractivity contribution < 1.29 is 19.4 Å². The highest BCUT2D eigenvalue weighted by molar-refractivity contribution is 5.78. The molecule has 120 valence electrons. The fourth-order valence-corrected chi connectivity index (χ4v) is 2.38. The van der Waals surface area contributed by atoms with Crippen molar-refractivity contribution in [2.75, 3.05) is 19.7 Å². The molecule has 2 aromatic rings. The van der Waals surface area contributed by atoms with Crippen molar-refractivity contribution >= 4 is 11.9 Å². The number of carboxylic acid groups (broad SMARTS) is 1. The summed E-state index contributed by atoms with van der Waals surface area (Å²) in [6.45, 7) is 0.665. The summed E-state index contributed by atoms with van der Waals surface area (Å²) < 4.78 is 6.56. The van der Waals surface area contributed by atoms with Crippen LogP contribution in [0.4, 0.5) is 0 Å². The van der Waals surface area contributed by atoms with Crippen LogP contribution in [0.15, 0.2) is 36.5 Å². The van der Waals surface area contributed by atoms with Gasteiger partial charge in [0.2, 0.25) is 5.91 Å². The van der Waals surface area contributed by atoms with E-state index in [0.29, 0.717) is 12.2 Å². The average Bonchev–Trinajstić information content (AvgIpc) is 3.04. The van der Waals surface area contributed by atoms with Gasteiger partial charge in [0, 0.05) is 12.1 Å². The maximum absolute atomic E-state index is 12.3. The highest BCUT2D eigenvalue weighted by Crippen LogP contribution is 2.15. The van der Waals surface area contributed by atoms with Crippen LogP contribution in [-0.4, -0.2) is 62.7 Å². The Hall–Kier alpha value is -2.74. The Morgan fingerprint density at radius 1 is 1.30 bits per heavy atom. The van der Waals surface area contributed by atoms with E-state index in [0.717, 1.165) is 5.56 Å². The van der Waals surface area contributed by atoms with Crippen molar-refractivity contribution in [3.05, 3.63) is 36.5 Å². The molecule has 8 nitrogen and oxygen atoms in total. The molecule has 1 amide bonds. The van der Waals surface area contributed by atoms with Crippen LogP contribution in [0, 0.1) is 0 Å². The minimum Gasteiger partial charge on any atom is -0.479 e. The number of carbonyl (C=O) groups excluding carboxylic acids is 1. The van der Waals surface area contributed by atoms with Crippen LogP contribution >= 0.6 is 0 Å². The maximum Gasteiger partial charge on any atom is 0.334 e. The second kappa shape index (κ2) is 6.57. The number of carbonyl (C=O) groups is 2. The second-order valence-electron chi connectivity index (χ2n) is 5.20. The Balaban J connectivity index is 1.64. The summed E-state index contributed by atoms with van der Waals surface area (Å²) in [4.78, 5) is 24.7. The molecule has 23 heavy (non-hydrogen) atoms. The minimum absolute atomic E-state index is 0.0200. The fourth-order valence-electron chi connectivity index (χ4n) is 2.38. The number of nitrogens with zero attached hydrogens (tertiary/aromatic N) is 4. The first-order valence-corrected chi connectivity index (χ1v) is 7.21. The van der Waals surface area contributed by atoms with E-state index in [-0.39, 0.29) is 25.6 Å². The Morgan fingerprint density at radius 3 is 2.83 bits per heavy atom. The highest BCUT2D eigenvalue weighted by Gasteiger charge is 2.29. The fraction of sp³-hybridized carbons (Fsp3) is 0.333. The molecule has 1 saturated heterocycles. The van der Waals surface area contributed by atoms with Gasteiger partial charge in [0.25, 0.3) is 0 Å². The predicted octanol–water partition coefficient (Wildman–Crippen LogP) is 0.257. The first-order valence-electron chi connectivity index (χ1n) is 7.21. The lowest BCUT2D eigenvalue weighted by Crippen LogP contribution is -2.49. The molecule has 1 fully saturated rings. The minimum atomic E-state index is -1.06. The molecule has 0 radical (unpaired) electrons. The number of carboxylic acids is 1. The lowest BCUT2D eigenvalue weighted by molar-refractivity contribution is -0.159. The topological polar surface area (TPSA) is 97.6 Å². The summed E-state index contributed by atoms with van der Waals surface area (Å²) in [6, 6.07) is 9.54. The summed E-state index contributed by atoms with van der Waals surface area (Å²) in [7, 11) is 0. The van der Waals surface area contributed by atoms with Gasteiger partial charge in [-0.3, -0.25) is 4.79 Å². The van der Waals surface area contributed by atoms with Gasteiger partial charge in [0.15, 0.2) is 6.10 Å². The molecule has 0 saturated carbocycles. The third kappa shape index (κ3) is 3.54. The molecule has 0 spiro atoms. The van der Waals surface area contributed by atoms with Gasteiger partial charge in [-0.1, -0.05) is 35.5 Å².